The van der Waals surface area contributed by atoms with Gasteiger partial charge in [-0.2, -0.15) is 0 Å². The maximum atomic E-state index is 12.6. The van der Waals surface area contributed by atoms with E-state index in [1.54, 1.807) is 13.8 Å². The van der Waals surface area contributed by atoms with Gasteiger partial charge in [-0.15, -0.1) is 0 Å². The first kappa shape index (κ1) is 66.0. The van der Waals surface area contributed by atoms with Gasteiger partial charge in [0.25, 0.3) is 0 Å². The molecule has 4 saturated heterocycles. The molecule has 7 unspecified atom stereocenters. The van der Waals surface area contributed by atoms with Gasteiger partial charge in [-0.25, -0.2) is 4.79 Å². The van der Waals surface area contributed by atoms with Crippen LogP contribution >= 0.6 is 0 Å². The SMILES string of the molecule is CCC(C)(C)C(=O)OC(C)(C)CC(C)OC(=O)C(C)(C)C.CCC(C)(C)C(=O)OC1(C2CCC(OC(C)=O)CC2)CCCC1.CCC(C)(C)C(=O)OC1C2CC3C(=O)OC1C3O2.CCC(C)(C)C(=O)OC1CCOC1=O. The summed E-state index contributed by atoms with van der Waals surface area (Å²) in [4.78, 5) is 93.9. The van der Waals surface area contributed by atoms with Crippen LogP contribution in [0.1, 0.15) is 228 Å². The summed E-state index contributed by atoms with van der Waals surface area (Å²) in [6, 6.07) is 0. The highest BCUT2D eigenvalue weighted by atomic mass is 16.7. The predicted molar refractivity (Wildman–Crippen MR) is 283 cm³/mol. The molecule has 2 aliphatic carbocycles. The average molecular weight is 1080 g/mol. The number of hydrogen-bond donors (Lipinski definition) is 0. The van der Waals surface area contributed by atoms with Crippen molar-refractivity contribution in [2.24, 2.45) is 38.9 Å². The predicted octanol–water partition coefficient (Wildman–Crippen LogP) is 10.8. The summed E-state index contributed by atoms with van der Waals surface area (Å²) in [5, 5.41) is 0. The van der Waals surface area contributed by atoms with Crippen LogP contribution in [0, 0.1) is 38.9 Å². The summed E-state index contributed by atoms with van der Waals surface area (Å²) in [6.45, 7) is 35.6. The van der Waals surface area contributed by atoms with Gasteiger partial charge >= 0.3 is 47.8 Å². The summed E-state index contributed by atoms with van der Waals surface area (Å²) < 4.78 is 48.7. The molecule has 2 saturated carbocycles. The first-order valence-electron chi connectivity index (χ1n) is 28.2. The Morgan fingerprint density at radius 1 is 0.618 bits per heavy atom. The number of carbonyl (C=O) groups excluding carboxylic acids is 8. The topological polar surface area (TPSA) is 220 Å². The van der Waals surface area contributed by atoms with E-state index in [0.717, 1.165) is 64.2 Å². The lowest BCUT2D eigenvalue weighted by atomic mass is 9.74. The third-order valence-corrected chi connectivity index (χ3v) is 16.5. The largest absolute Gasteiger partial charge is 0.463 e. The second kappa shape index (κ2) is 26.6. The monoisotopic (exact) mass is 1080 g/mol. The van der Waals surface area contributed by atoms with Crippen LogP contribution < -0.4 is 0 Å². The van der Waals surface area contributed by atoms with Crippen LogP contribution in [0.4, 0.5) is 0 Å². The van der Waals surface area contributed by atoms with Crippen molar-refractivity contribution in [3.63, 3.8) is 0 Å². The number of carbonyl (C=O) groups is 8. The second-order valence-corrected chi connectivity index (χ2v) is 26.1. The Labute approximate surface area is 454 Å². The molecule has 6 aliphatic rings. The molecule has 0 aromatic carbocycles. The van der Waals surface area contributed by atoms with Gasteiger partial charge in [0, 0.05) is 19.8 Å². The fourth-order valence-corrected chi connectivity index (χ4v) is 9.47. The van der Waals surface area contributed by atoms with Gasteiger partial charge in [-0.05, 0) is 186 Å². The highest BCUT2D eigenvalue weighted by molar-refractivity contribution is 5.83. The third kappa shape index (κ3) is 17.9. The highest BCUT2D eigenvalue weighted by Crippen LogP contribution is 2.49. The minimum absolute atomic E-state index is 0.0463. The second-order valence-electron chi connectivity index (χ2n) is 26.1. The van der Waals surface area contributed by atoms with E-state index in [-0.39, 0.29) is 77.7 Å². The number of cyclic esters (lactones) is 1. The van der Waals surface area contributed by atoms with Crippen LogP contribution in [0.3, 0.4) is 0 Å². The summed E-state index contributed by atoms with van der Waals surface area (Å²) in [5.41, 5.74) is -3.41. The molecule has 2 bridgehead atoms. The zero-order valence-electron chi connectivity index (χ0n) is 50.0. The molecule has 0 aromatic heterocycles. The zero-order chi connectivity index (χ0) is 58.0. The maximum absolute atomic E-state index is 12.6. The standard InChI is InChI=1S/C19H32O4.C17H32O4.C13H18O5.C10H16O4/c1-5-18(3,4)17(21)23-19(12-6-7-13-19)15-8-10-16(11-9-15)22-14(2)20;1-10-16(6,7)14(19)21-17(8,9)11-12(2)20-13(18)15(3,4)5;1-4-13(2,3)12(15)18-9-7-5-6-8(16-7)10(9)17-11(6)14;1-4-10(2,3)9(12)14-7-5-6-13-8(7)11/h15-16H,5-13H2,1-4H3;12H,10-11H2,1-9H3;6-10H,4-5H2,1-3H3;7H,4-6H2,1-3H3. The lowest BCUT2D eigenvalue weighted by Crippen LogP contribution is -2.45. The normalized spacial score (nSPS) is 26.1. The Morgan fingerprint density at radius 2 is 1.12 bits per heavy atom. The fourth-order valence-electron chi connectivity index (χ4n) is 9.47. The number of ether oxygens (including phenoxy) is 9. The maximum Gasteiger partial charge on any atom is 0.347 e. The quantitative estimate of drug-likeness (QED) is 0.0976. The lowest BCUT2D eigenvalue weighted by molar-refractivity contribution is -0.180. The van der Waals surface area contributed by atoms with Gasteiger partial charge in [-0.3, -0.25) is 33.6 Å². The van der Waals surface area contributed by atoms with Gasteiger partial charge in [0.05, 0.1) is 45.7 Å². The molecule has 4 heterocycles. The van der Waals surface area contributed by atoms with E-state index in [1.807, 2.05) is 111 Å². The lowest BCUT2D eigenvalue weighted by Gasteiger charge is -2.42. The molecule has 6 fully saturated rings. The molecule has 0 radical (unpaired) electrons. The molecule has 0 aromatic rings. The van der Waals surface area contributed by atoms with Crippen LogP contribution in [-0.2, 0) is 81.0 Å². The smallest absolute Gasteiger partial charge is 0.347 e. The van der Waals surface area contributed by atoms with Crippen molar-refractivity contribution in [3.05, 3.63) is 0 Å². The van der Waals surface area contributed by atoms with E-state index in [1.165, 1.54) is 6.92 Å². The summed E-state index contributed by atoms with van der Waals surface area (Å²) >= 11 is 0. The van der Waals surface area contributed by atoms with E-state index in [9.17, 15) is 38.4 Å². The van der Waals surface area contributed by atoms with Crippen molar-refractivity contribution in [2.75, 3.05) is 6.61 Å². The molecule has 76 heavy (non-hydrogen) atoms. The average Bonchev–Trinajstić information content (AvgIpc) is 4.17. The van der Waals surface area contributed by atoms with Crippen LogP contribution in [0.15, 0.2) is 0 Å². The molecule has 0 spiro atoms. The molecule has 0 N–H and O–H groups in total. The molecular formula is C59H98O17. The molecule has 436 valence electrons. The van der Waals surface area contributed by atoms with Crippen LogP contribution in [0.25, 0.3) is 0 Å². The first-order chi connectivity index (χ1) is 34.9. The third-order valence-electron chi connectivity index (χ3n) is 16.5. The number of hydrogen-bond acceptors (Lipinski definition) is 17. The minimum Gasteiger partial charge on any atom is -0.463 e. The molecule has 7 atom stereocenters. The molecular weight excluding hydrogens is 981 g/mol. The molecule has 17 heteroatoms. The van der Waals surface area contributed by atoms with E-state index < -0.39 is 57.0 Å². The Kier molecular flexibility index (Phi) is 23.1. The Bertz CT molecular complexity index is 2010. The van der Waals surface area contributed by atoms with E-state index in [0.29, 0.717) is 44.6 Å². The van der Waals surface area contributed by atoms with Crippen molar-refractivity contribution in [2.45, 2.75) is 282 Å². The van der Waals surface area contributed by atoms with Crippen molar-refractivity contribution < 1.29 is 81.0 Å². The number of esters is 8. The fraction of sp³-hybridized carbons (Fsp3) is 0.864. The van der Waals surface area contributed by atoms with Crippen molar-refractivity contribution in [1.82, 2.24) is 0 Å². The van der Waals surface area contributed by atoms with E-state index in [2.05, 4.69) is 0 Å². The summed E-state index contributed by atoms with van der Waals surface area (Å²) in [5.74, 6) is -1.65. The summed E-state index contributed by atoms with van der Waals surface area (Å²) in [7, 11) is 0. The molecule has 6 rings (SSSR count). The van der Waals surface area contributed by atoms with Gasteiger partial charge in [-0.1, -0.05) is 27.7 Å². The Hall–Kier alpha value is -4.28. The minimum atomic E-state index is -0.687. The number of fused-ring (bicyclic) bond motifs is 1. The van der Waals surface area contributed by atoms with Gasteiger partial charge in [0.1, 0.15) is 29.5 Å². The first-order valence-corrected chi connectivity index (χ1v) is 28.2. The van der Waals surface area contributed by atoms with Gasteiger partial charge < -0.3 is 42.6 Å². The Balaban J connectivity index is 0.000000270. The van der Waals surface area contributed by atoms with E-state index >= 15 is 0 Å². The van der Waals surface area contributed by atoms with Crippen LogP contribution in [0.5, 0.6) is 0 Å². The van der Waals surface area contributed by atoms with Crippen molar-refractivity contribution in [3.8, 4) is 0 Å². The summed E-state index contributed by atoms with van der Waals surface area (Å²) in [6.07, 6.45) is 10.4. The van der Waals surface area contributed by atoms with Crippen LogP contribution in [0.2, 0.25) is 0 Å². The zero-order valence-corrected chi connectivity index (χ0v) is 50.0. The molecule has 0 amide bonds. The van der Waals surface area contributed by atoms with E-state index in [4.69, 9.17) is 42.6 Å². The number of rotatable bonds is 17. The van der Waals surface area contributed by atoms with Gasteiger partial charge in [0.2, 0.25) is 6.10 Å². The Morgan fingerprint density at radius 3 is 1.59 bits per heavy atom. The van der Waals surface area contributed by atoms with Crippen LogP contribution in [-0.4, -0.2) is 108 Å². The molecule has 4 aliphatic heterocycles. The van der Waals surface area contributed by atoms with Crippen molar-refractivity contribution >= 4 is 47.8 Å². The van der Waals surface area contributed by atoms with Crippen molar-refractivity contribution in [1.29, 1.82) is 0 Å². The molecule has 17 nitrogen and oxygen atoms in total. The highest BCUT2D eigenvalue weighted by Gasteiger charge is 2.65. The van der Waals surface area contributed by atoms with Gasteiger partial charge in [0.15, 0.2) is 12.2 Å².